The van der Waals surface area contributed by atoms with Gasteiger partial charge >= 0.3 is 0 Å². The Kier molecular flexibility index (Phi) is 5.10. The number of carbonyl (C=O) groups is 1. The van der Waals surface area contributed by atoms with Gasteiger partial charge in [0.1, 0.15) is 11.5 Å². The van der Waals surface area contributed by atoms with Gasteiger partial charge in [-0.1, -0.05) is 0 Å². The number of aromatic amines is 1. The first-order valence-electron chi connectivity index (χ1n) is 8.16. The second-order valence-electron chi connectivity index (χ2n) is 6.17. The van der Waals surface area contributed by atoms with Crippen molar-refractivity contribution in [1.29, 1.82) is 0 Å². The Morgan fingerprint density at radius 1 is 1.42 bits per heavy atom. The quantitative estimate of drug-likeness (QED) is 0.896. The maximum Gasteiger partial charge on any atom is 0.272 e. The number of nitrogens with one attached hydrogen (secondary N) is 1. The van der Waals surface area contributed by atoms with Gasteiger partial charge < -0.3 is 14.5 Å². The van der Waals surface area contributed by atoms with Crippen molar-refractivity contribution in [3.05, 3.63) is 41.9 Å². The molecule has 0 aliphatic carbocycles. The summed E-state index contributed by atoms with van der Waals surface area (Å²) in [5.74, 6) is 0.938. The predicted octanol–water partition coefficient (Wildman–Crippen LogP) is 1.34. The SMILES string of the molecule is CN(C)c1cc(CCC2CN(C(=O)c3ccn[nH]3)CCO2)ccn1. The van der Waals surface area contributed by atoms with Crippen LogP contribution in [0.2, 0.25) is 0 Å². The van der Waals surface area contributed by atoms with Gasteiger partial charge in [0, 0.05) is 39.6 Å². The Labute approximate surface area is 141 Å². The first-order valence-corrected chi connectivity index (χ1v) is 8.16. The zero-order valence-electron chi connectivity index (χ0n) is 14.1. The van der Waals surface area contributed by atoms with E-state index in [2.05, 4.69) is 21.2 Å². The van der Waals surface area contributed by atoms with Gasteiger partial charge in [0.25, 0.3) is 5.91 Å². The van der Waals surface area contributed by atoms with E-state index in [9.17, 15) is 4.79 Å². The number of anilines is 1. The van der Waals surface area contributed by atoms with Gasteiger partial charge in [-0.3, -0.25) is 9.89 Å². The molecule has 3 heterocycles. The van der Waals surface area contributed by atoms with E-state index in [0.29, 0.717) is 25.4 Å². The van der Waals surface area contributed by atoms with Gasteiger partial charge in [-0.25, -0.2) is 4.98 Å². The van der Waals surface area contributed by atoms with Crippen LogP contribution in [0.25, 0.3) is 0 Å². The van der Waals surface area contributed by atoms with Crippen LogP contribution in [0.5, 0.6) is 0 Å². The lowest BCUT2D eigenvalue weighted by atomic mass is 10.1. The van der Waals surface area contributed by atoms with Crippen LogP contribution in [0.3, 0.4) is 0 Å². The topological polar surface area (TPSA) is 74.3 Å². The number of carbonyl (C=O) groups excluding carboxylic acids is 1. The zero-order chi connectivity index (χ0) is 16.9. The summed E-state index contributed by atoms with van der Waals surface area (Å²) in [5.41, 5.74) is 1.76. The number of pyridine rings is 1. The van der Waals surface area contributed by atoms with E-state index in [4.69, 9.17) is 4.74 Å². The molecule has 1 amide bonds. The second kappa shape index (κ2) is 7.44. The third kappa shape index (κ3) is 3.91. The molecule has 1 fully saturated rings. The van der Waals surface area contributed by atoms with Gasteiger partial charge in [0.05, 0.1) is 12.7 Å². The molecular weight excluding hydrogens is 306 g/mol. The molecule has 0 aromatic carbocycles. The molecule has 24 heavy (non-hydrogen) atoms. The van der Waals surface area contributed by atoms with E-state index >= 15 is 0 Å². The predicted molar refractivity (Wildman–Crippen MR) is 91.1 cm³/mol. The standard InChI is InChI=1S/C17H23N5O2/c1-21(2)16-11-13(5-7-18-16)3-4-14-12-22(9-10-24-14)17(23)15-6-8-19-20-15/h5-8,11,14H,3-4,9-10,12H2,1-2H3,(H,19,20). The monoisotopic (exact) mass is 329 g/mol. The Balaban J connectivity index is 1.56. The van der Waals surface area contributed by atoms with E-state index in [1.54, 1.807) is 12.3 Å². The summed E-state index contributed by atoms with van der Waals surface area (Å²) in [5, 5.41) is 6.57. The summed E-state index contributed by atoms with van der Waals surface area (Å²) in [6.45, 7) is 1.81. The van der Waals surface area contributed by atoms with E-state index in [0.717, 1.165) is 18.7 Å². The highest BCUT2D eigenvalue weighted by Gasteiger charge is 2.25. The average Bonchev–Trinajstić information content (AvgIpc) is 3.14. The maximum absolute atomic E-state index is 12.4. The number of aromatic nitrogens is 3. The molecule has 1 unspecified atom stereocenters. The lowest BCUT2D eigenvalue weighted by molar-refractivity contribution is -0.0247. The smallest absolute Gasteiger partial charge is 0.272 e. The molecule has 0 radical (unpaired) electrons. The lowest BCUT2D eigenvalue weighted by Gasteiger charge is -2.32. The van der Waals surface area contributed by atoms with Crippen LogP contribution in [-0.2, 0) is 11.2 Å². The van der Waals surface area contributed by atoms with Crippen LogP contribution >= 0.6 is 0 Å². The minimum Gasteiger partial charge on any atom is -0.375 e. The van der Waals surface area contributed by atoms with Crippen molar-refractivity contribution in [2.45, 2.75) is 18.9 Å². The molecule has 3 rings (SSSR count). The molecule has 0 spiro atoms. The molecule has 0 bridgehead atoms. The molecule has 0 saturated carbocycles. The molecular formula is C17H23N5O2. The Morgan fingerprint density at radius 3 is 3.04 bits per heavy atom. The van der Waals surface area contributed by atoms with Crippen molar-refractivity contribution >= 4 is 11.7 Å². The summed E-state index contributed by atoms with van der Waals surface area (Å²) in [6.07, 6.45) is 5.27. The van der Waals surface area contributed by atoms with Crippen molar-refractivity contribution in [3.8, 4) is 0 Å². The average molecular weight is 329 g/mol. The number of hydrogen-bond donors (Lipinski definition) is 1. The fourth-order valence-electron chi connectivity index (χ4n) is 2.81. The normalized spacial score (nSPS) is 17.8. The number of rotatable bonds is 5. The van der Waals surface area contributed by atoms with E-state index < -0.39 is 0 Å². The van der Waals surface area contributed by atoms with Crippen molar-refractivity contribution < 1.29 is 9.53 Å². The molecule has 1 aliphatic heterocycles. The van der Waals surface area contributed by atoms with Crippen molar-refractivity contribution in [3.63, 3.8) is 0 Å². The molecule has 7 nitrogen and oxygen atoms in total. The van der Waals surface area contributed by atoms with Gasteiger partial charge in [-0.2, -0.15) is 5.10 Å². The molecule has 1 aliphatic rings. The summed E-state index contributed by atoms with van der Waals surface area (Å²) >= 11 is 0. The highest BCUT2D eigenvalue weighted by atomic mass is 16.5. The summed E-state index contributed by atoms with van der Waals surface area (Å²) in [4.78, 5) is 20.5. The summed E-state index contributed by atoms with van der Waals surface area (Å²) in [6, 6.07) is 5.83. The number of ether oxygens (including phenoxy) is 1. The Bertz CT molecular complexity index is 671. The van der Waals surface area contributed by atoms with Crippen LogP contribution in [0.1, 0.15) is 22.5 Å². The number of aryl methyl sites for hydroxylation is 1. The second-order valence-corrected chi connectivity index (χ2v) is 6.17. The molecule has 128 valence electrons. The molecule has 2 aromatic rings. The van der Waals surface area contributed by atoms with Crippen molar-refractivity contribution in [2.24, 2.45) is 0 Å². The molecule has 1 saturated heterocycles. The minimum atomic E-state index is -0.0143. The zero-order valence-corrected chi connectivity index (χ0v) is 14.1. The number of nitrogens with zero attached hydrogens (tertiary/aromatic N) is 4. The fourth-order valence-corrected chi connectivity index (χ4v) is 2.81. The lowest BCUT2D eigenvalue weighted by Crippen LogP contribution is -2.45. The third-order valence-corrected chi connectivity index (χ3v) is 4.18. The Hall–Kier alpha value is -2.41. The van der Waals surface area contributed by atoms with Crippen molar-refractivity contribution in [1.82, 2.24) is 20.1 Å². The highest BCUT2D eigenvalue weighted by molar-refractivity contribution is 5.92. The van der Waals surface area contributed by atoms with Crippen LogP contribution < -0.4 is 4.90 Å². The number of morpholine rings is 1. The number of hydrogen-bond acceptors (Lipinski definition) is 5. The van der Waals surface area contributed by atoms with Gasteiger partial charge in [0.15, 0.2) is 0 Å². The van der Waals surface area contributed by atoms with Crippen LogP contribution in [-0.4, -0.2) is 65.9 Å². The van der Waals surface area contributed by atoms with Gasteiger partial charge in [-0.05, 0) is 36.6 Å². The molecule has 1 atom stereocenters. The van der Waals surface area contributed by atoms with Crippen molar-refractivity contribution in [2.75, 3.05) is 38.7 Å². The highest BCUT2D eigenvalue weighted by Crippen LogP contribution is 2.16. The van der Waals surface area contributed by atoms with Gasteiger partial charge in [0.2, 0.25) is 0 Å². The Morgan fingerprint density at radius 2 is 2.29 bits per heavy atom. The van der Waals surface area contributed by atoms with Crippen LogP contribution in [0, 0.1) is 0 Å². The van der Waals surface area contributed by atoms with Crippen LogP contribution in [0.15, 0.2) is 30.6 Å². The fraction of sp³-hybridized carbons (Fsp3) is 0.471. The van der Waals surface area contributed by atoms with E-state index in [1.807, 2.05) is 36.2 Å². The summed E-state index contributed by atoms with van der Waals surface area (Å²) < 4.78 is 5.83. The number of H-pyrrole nitrogens is 1. The molecule has 1 N–H and O–H groups in total. The van der Waals surface area contributed by atoms with Gasteiger partial charge in [-0.15, -0.1) is 0 Å². The molecule has 7 heteroatoms. The molecule has 2 aromatic heterocycles. The largest absolute Gasteiger partial charge is 0.375 e. The van der Waals surface area contributed by atoms with E-state index in [-0.39, 0.29) is 12.0 Å². The third-order valence-electron chi connectivity index (χ3n) is 4.18. The summed E-state index contributed by atoms with van der Waals surface area (Å²) in [7, 11) is 3.96. The first-order chi connectivity index (χ1) is 11.6. The first kappa shape index (κ1) is 16.4. The number of amides is 1. The van der Waals surface area contributed by atoms with Crippen LogP contribution in [0.4, 0.5) is 5.82 Å². The minimum absolute atomic E-state index is 0.0143. The maximum atomic E-state index is 12.4. The van der Waals surface area contributed by atoms with E-state index in [1.165, 1.54) is 5.56 Å².